The minimum Gasteiger partial charge on any atom is -0.497 e. The maximum Gasteiger partial charge on any atom is 0.738 e. The maximum atomic E-state index is 15.2. The number of hydrogen-bond acceptors (Lipinski definition) is 1. The summed E-state index contributed by atoms with van der Waals surface area (Å²) >= 11 is 10.1. The van der Waals surface area contributed by atoms with Crippen molar-refractivity contribution < 1.29 is 17.9 Å². The predicted molar refractivity (Wildman–Crippen MR) is 106 cm³/mol. The first-order valence-corrected chi connectivity index (χ1v) is 9.71. The summed E-state index contributed by atoms with van der Waals surface area (Å²) in [4.78, 5) is 0. The van der Waals surface area contributed by atoms with Gasteiger partial charge in [-0.25, -0.2) is 0 Å². The average Bonchev–Trinajstić information content (AvgIpc) is 3.14. The van der Waals surface area contributed by atoms with Crippen LogP contribution >= 0.6 is 47.8 Å². The molecule has 1 aromatic heterocycles. The number of rotatable bonds is 2. The number of halogens is 5. The Morgan fingerprint density at radius 2 is 1.84 bits per heavy atom. The van der Waals surface area contributed by atoms with Crippen molar-refractivity contribution in [2.24, 2.45) is 0 Å². The number of benzene rings is 1. The SMILES string of the molecule is COc1ccc(Br)c(C2=C3C=CC(Br)=[N+]3[B-](F)(F)n3c(Br)ccc32)c1. The second-order valence-corrected chi connectivity index (χ2v) is 8.11. The van der Waals surface area contributed by atoms with Crippen molar-refractivity contribution in [3.05, 3.63) is 68.5 Å². The lowest BCUT2D eigenvalue weighted by Gasteiger charge is -2.32. The summed E-state index contributed by atoms with van der Waals surface area (Å²) in [6.07, 6.45) is 3.34. The number of allylic oxidation sites excluding steroid dienone is 2. The van der Waals surface area contributed by atoms with Crippen LogP contribution in [0.15, 0.2) is 57.3 Å². The number of ether oxygens (including phenoxy) is 1. The number of nitrogens with zero attached hydrogens (tertiary/aromatic N) is 2. The van der Waals surface area contributed by atoms with Gasteiger partial charge in [0.2, 0.25) is 4.62 Å². The van der Waals surface area contributed by atoms with E-state index in [0.717, 1.165) is 19.0 Å². The van der Waals surface area contributed by atoms with Gasteiger partial charge in [-0.15, -0.1) is 0 Å². The zero-order chi connectivity index (χ0) is 17.9. The van der Waals surface area contributed by atoms with Crippen LogP contribution in [0.4, 0.5) is 8.63 Å². The minimum absolute atomic E-state index is 0.329. The monoisotopic (exact) mass is 532 g/mol. The van der Waals surface area contributed by atoms with E-state index in [2.05, 4.69) is 47.8 Å². The topological polar surface area (TPSA) is 17.2 Å². The van der Waals surface area contributed by atoms with Crippen LogP contribution in [0.3, 0.4) is 0 Å². The quantitative estimate of drug-likeness (QED) is 0.472. The van der Waals surface area contributed by atoms with E-state index in [9.17, 15) is 0 Å². The molecule has 0 unspecified atom stereocenters. The van der Waals surface area contributed by atoms with Gasteiger partial charge in [0.05, 0.1) is 17.3 Å². The summed E-state index contributed by atoms with van der Waals surface area (Å²) < 4.78 is 39.2. The third-order valence-electron chi connectivity index (χ3n) is 4.31. The lowest BCUT2D eigenvalue weighted by molar-refractivity contribution is -0.358. The molecule has 0 radical (unpaired) electrons. The molecule has 0 saturated heterocycles. The van der Waals surface area contributed by atoms with E-state index in [4.69, 9.17) is 4.74 Å². The van der Waals surface area contributed by atoms with Crippen LogP contribution in [0, 0.1) is 0 Å². The van der Waals surface area contributed by atoms with Crippen molar-refractivity contribution in [3.63, 3.8) is 0 Å². The summed E-state index contributed by atoms with van der Waals surface area (Å²) in [7, 11) is 1.58. The molecule has 0 saturated carbocycles. The van der Waals surface area contributed by atoms with Crippen molar-refractivity contribution in [1.82, 2.24) is 4.48 Å². The summed E-state index contributed by atoms with van der Waals surface area (Å²) in [5.74, 6) is 0.655. The molecular weight excluding hydrogens is 525 g/mol. The lowest BCUT2D eigenvalue weighted by atomic mass is 9.86. The second-order valence-electron chi connectivity index (χ2n) is 5.63. The standard InChI is InChI=1S/C16H10BBr3F2N2O/c1-25-9-2-3-11(18)10(8-9)16-12-4-6-14(19)23(12)17(21,22)24-13(16)5-7-15(24)20/h2-8H,1H3. The first kappa shape index (κ1) is 17.2. The Labute approximate surface area is 168 Å². The molecule has 3 nitrogen and oxygen atoms in total. The van der Waals surface area contributed by atoms with E-state index in [-0.39, 0.29) is 0 Å². The Bertz CT molecular complexity index is 1010. The van der Waals surface area contributed by atoms with Gasteiger partial charge in [-0.1, -0.05) is 15.9 Å². The molecular formula is C16H10BBr3F2N2O. The Balaban J connectivity index is 2.11. The van der Waals surface area contributed by atoms with Crippen molar-refractivity contribution in [2.75, 3.05) is 7.11 Å². The van der Waals surface area contributed by atoms with Crippen molar-refractivity contribution in [1.29, 1.82) is 0 Å². The van der Waals surface area contributed by atoms with Gasteiger partial charge in [-0.05, 0) is 46.3 Å². The highest BCUT2D eigenvalue weighted by Gasteiger charge is 2.54. The fraction of sp³-hybridized carbons (Fsp3) is 0.0625. The van der Waals surface area contributed by atoms with Gasteiger partial charge in [0.25, 0.3) is 0 Å². The molecule has 9 heteroatoms. The molecule has 0 N–H and O–H groups in total. The molecule has 2 aromatic rings. The highest BCUT2D eigenvalue weighted by molar-refractivity contribution is 9.18. The van der Waals surface area contributed by atoms with E-state index < -0.39 is 6.97 Å². The molecule has 128 valence electrons. The number of aromatic nitrogens is 1. The van der Waals surface area contributed by atoms with Crippen LogP contribution in [-0.2, 0) is 0 Å². The first-order valence-electron chi connectivity index (χ1n) is 7.34. The van der Waals surface area contributed by atoms with Crippen LogP contribution in [0.25, 0.3) is 5.57 Å². The van der Waals surface area contributed by atoms with Gasteiger partial charge in [0.15, 0.2) is 5.70 Å². The molecule has 25 heavy (non-hydrogen) atoms. The molecule has 0 bridgehead atoms. The molecule has 0 amide bonds. The zero-order valence-corrected chi connectivity index (χ0v) is 17.6. The van der Waals surface area contributed by atoms with E-state index >= 15 is 8.63 Å². The number of hydrogen-bond donors (Lipinski definition) is 0. The molecule has 0 atom stereocenters. The summed E-state index contributed by atoms with van der Waals surface area (Å²) in [6.45, 7) is -4.02. The summed E-state index contributed by atoms with van der Waals surface area (Å²) in [5.41, 5.74) is 2.38. The molecule has 0 aliphatic carbocycles. The van der Waals surface area contributed by atoms with Crippen LogP contribution in [0.5, 0.6) is 5.75 Å². The molecule has 0 spiro atoms. The van der Waals surface area contributed by atoms with Gasteiger partial charge in [0.1, 0.15) is 5.75 Å². The van der Waals surface area contributed by atoms with Crippen molar-refractivity contribution in [2.45, 2.75) is 0 Å². The lowest BCUT2D eigenvalue weighted by Crippen LogP contribution is -2.50. The van der Waals surface area contributed by atoms with Crippen molar-refractivity contribution in [3.8, 4) is 5.75 Å². The minimum atomic E-state index is -4.02. The third-order valence-corrected chi connectivity index (χ3v) is 6.30. The highest BCUT2D eigenvalue weighted by Crippen LogP contribution is 2.44. The Morgan fingerprint density at radius 3 is 2.56 bits per heavy atom. The Hall–Kier alpha value is -1.19. The molecule has 4 rings (SSSR count). The smallest absolute Gasteiger partial charge is 0.497 e. The van der Waals surface area contributed by atoms with Gasteiger partial charge in [-0.3, -0.25) is 0 Å². The Kier molecular flexibility index (Phi) is 4.08. The predicted octanol–water partition coefficient (Wildman–Crippen LogP) is 5.39. The van der Waals surface area contributed by atoms with E-state index in [0.29, 0.717) is 31.9 Å². The summed E-state index contributed by atoms with van der Waals surface area (Å²) in [5, 5.41) is 0. The highest BCUT2D eigenvalue weighted by atomic mass is 79.9. The van der Waals surface area contributed by atoms with Crippen molar-refractivity contribution >= 4 is 65.0 Å². The number of methoxy groups -OCH3 is 1. The van der Waals surface area contributed by atoms with Crippen LogP contribution in [-0.4, -0.2) is 27.7 Å². The second kappa shape index (κ2) is 5.92. The van der Waals surface area contributed by atoms with Gasteiger partial charge < -0.3 is 22.3 Å². The molecule has 3 heterocycles. The fourth-order valence-electron chi connectivity index (χ4n) is 3.23. The maximum absolute atomic E-state index is 15.2. The van der Waals surface area contributed by atoms with Crippen LogP contribution < -0.4 is 4.74 Å². The van der Waals surface area contributed by atoms with Gasteiger partial charge in [0, 0.05) is 43.8 Å². The van der Waals surface area contributed by atoms with E-state index in [1.165, 1.54) is 0 Å². The van der Waals surface area contributed by atoms with Gasteiger partial charge in [-0.2, -0.15) is 0 Å². The van der Waals surface area contributed by atoms with E-state index in [1.54, 1.807) is 31.4 Å². The third kappa shape index (κ3) is 2.43. The van der Waals surface area contributed by atoms with Crippen LogP contribution in [0.1, 0.15) is 11.3 Å². The molecule has 2 aliphatic rings. The van der Waals surface area contributed by atoms with Crippen LogP contribution in [0.2, 0.25) is 0 Å². The molecule has 0 fully saturated rings. The fourth-order valence-corrected chi connectivity index (χ4v) is 4.82. The molecule has 2 aliphatic heterocycles. The zero-order valence-electron chi connectivity index (χ0n) is 12.8. The average molecular weight is 535 g/mol. The largest absolute Gasteiger partial charge is 0.738 e. The van der Waals surface area contributed by atoms with Gasteiger partial charge >= 0.3 is 6.97 Å². The normalized spacial score (nSPS) is 17.8. The Morgan fingerprint density at radius 1 is 1.08 bits per heavy atom. The van der Waals surface area contributed by atoms with E-state index in [1.807, 2.05) is 18.2 Å². The molecule has 1 aromatic carbocycles. The summed E-state index contributed by atoms with van der Waals surface area (Å²) in [6, 6.07) is 8.85. The number of fused-ring (bicyclic) bond motifs is 2. The first-order chi connectivity index (χ1) is 11.9.